The maximum Gasteiger partial charge on any atom is 0.253 e. The average Bonchev–Trinajstić information content (AvgIpc) is 3.36. The van der Waals surface area contributed by atoms with Crippen LogP contribution in [-0.2, 0) is 6.42 Å². The van der Waals surface area contributed by atoms with E-state index in [0.717, 1.165) is 41.1 Å². The van der Waals surface area contributed by atoms with Crippen molar-refractivity contribution in [2.45, 2.75) is 39.2 Å². The van der Waals surface area contributed by atoms with E-state index in [9.17, 15) is 4.79 Å². The van der Waals surface area contributed by atoms with E-state index in [0.29, 0.717) is 17.5 Å². The van der Waals surface area contributed by atoms with Crippen molar-refractivity contribution in [3.05, 3.63) is 65.5 Å². The molecule has 2 heterocycles. The Kier molecular flexibility index (Phi) is 6.23. The van der Waals surface area contributed by atoms with Gasteiger partial charge in [-0.25, -0.2) is 4.98 Å². The molecule has 1 fully saturated rings. The van der Waals surface area contributed by atoms with Gasteiger partial charge >= 0.3 is 0 Å². The molecule has 1 aliphatic heterocycles. The molecule has 2 aromatic carbocycles. The summed E-state index contributed by atoms with van der Waals surface area (Å²) in [7, 11) is 3.52. The van der Waals surface area contributed by atoms with Crippen LogP contribution in [0.5, 0.6) is 0 Å². The second kappa shape index (κ2) is 9.06. The van der Waals surface area contributed by atoms with Gasteiger partial charge in [-0.3, -0.25) is 4.79 Å². The summed E-state index contributed by atoms with van der Waals surface area (Å²) in [4.78, 5) is 21.0. The highest BCUT2D eigenvalue weighted by Gasteiger charge is 2.21. The quantitative estimate of drug-likeness (QED) is 0.563. The van der Waals surface area contributed by atoms with Crippen molar-refractivity contribution in [2.75, 3.05) is 27.2 Å². The normalized spacial score (nSPS) is 16.6. The molecule has 0 spiro atoms. The maximum atomic E-state index is 12.1. The lowest BCUT2D eigenvalue weighted by Crippen LogP contribution is -2.29. The van der Waals surface area contributed by atoms with Crippen LogP contribution in [0.3, 0.4) is 0 Å². The van der Waals surface area contributed by atoms with Crippen LogP contribution in [0.25, 0.3) is 22.6 Å². The third kappa shape index (κ3) is 4.72. The van der Waals surface area contributed by atoms with Crippen LogP contribution in [0, 0.1) is 6.92 Å². The molecule has 3 aromatic rings. The van der Waals surface area contributed by atoms with Gasteiger partial charge < -0.3 is 14.2 Å². The molecule has 0 N–H and O–H groups in total. The predicted octanol–water partition coefficient (Wildman–Crippen LogP) is 5.05. The van der Waals surface area contributed by atoms with Gasteiger partial charge in [0, 0.05) is 44.2 Å². The molecule has 0 saturated carbocycles. The first-order valence-corrected chi connectivity index (χ1v) is 11.1. The second-order valence-corrected chi connectivity index (χ2v) is 8.65. The van der Waals surface area contributed by atoms with Gasteiger partial charge in [0.2, 0.25) is 5.89 Å². The fourth-order valence-electron chi connectivity index (χ4n) is 4.23. The van der Waals surface area contributed by atoms with Crippen molar-refractivity contribution in [3.8, 4) is 22.6 Å². The number of likely N-dealkylation sites (tertiary alicyclic amines) is 1. The Balaban J connectivity index is 1.45. The first-order chi connectivity index (χ1) is 14.9. The molecule has 1 atom stereocenters. The van der Waals surface area contributed by atoms with E-state index in [2.05, 4.69) is 24.0 Å². The summed E-state index contributed by atoms with van der Waals surface area (Å²) in [5, 5.41) is 0. The van der Waals surface area contributed by atoms with Crippen LogP contribution >= 0.6 is 0 Å². The largest absolute Gasteiger partial charge is 0.441 e. The molecule has 0 aliphatic carbocycles. The summed E-state index contributed by atoms with van der Waals surface area (Å²) < 4.78 is 5.98. The Labute approximate surface area is 184 Å². The van der Waals surface area contributed by atoms with Gasteiger partial charge in [0.05, 0.1) is 5.69 Å². The highest BCUT2D eigenvalue weighted by Crippen LogP contribution is 2.27. The number of rotatable bonds is 6. The lowest BCUT2D eigenvalue weighted by Gasteiger charge is -2.20. The van der Waals surface area contributed by atoms with Gasteiger partial charge in [-0.05, 0) is 68.6 Å². The van der Waals surface area contributed by atoms with E-state index in [-0.39, 0.29) is 5.91 Å². The third-order valence-corrected chi connectivity index (χ3v) is 6.22. The number of carbonyl (C=O) groups is 1. The zero-order valence-electron chi connectivity index (χ0n) is 18.9. The van der Waals surface area contributed by atoms with Crippen molar-refractivity contribution in [1.29, 1.82) is 0 Å². The molecular weight excluding hydrogens is 386 g/mol. The highest BCUT2D eigenvalue weighted by molar-refractivity contribution is 5.94. The second-order valence-electron chi connectivity index (χ2n) is 8.65. The zero-order chi connectivity index (χ0) is 22.0. The number of nitrogens with zero attached hydrogens (tertiary/aromatic N) is 3. The molecule has 4 rings (SSSR count). The molecule has 1 amide bonds. The summed E-state index contributed by atoms with van der Waals surface area (Å²) in [6, 6.07) is 16.6. The van der Waals surface area contributed by atoms with Crippen molar-refractivity contribution in [1.82, 2.24) is 14.8 Å². The fraction of sp³-hybridized carbons (Fsp3) is 0.385. The summed E-state index contributed by atoms with van der Waals surface area (Å²) >= 11 is 0. The van der Waals surface area contributed by atoms with E-state index in [4.69, 9.17) is 9.40 Å². The minimum atomic E-state index is 0.0103. The number of carbonyl (C=O) groups excluding carboxylic acids is 1. The number of benzene rings is 2. The summed E-state index contributed by atoms with van der Waals surface area (Å²) in [6.07, 6.45) is 3.52. The minimum Gasteiger partial charge on any atom is -0.441 e. The van der Waals surface area contributed by atoms with Gasteiger partial charge in [0.25, 0.3) is 5.91 Å². The summed E-state index contributed by atoms with van der Waals surface area (Å²) in [6.45, 7) is 6.55. The number of aromatic nitrogens is 1. The summed E-state index contributed by atoms with van der Waals surface area (Å²) in [5.41, 5.74) is 4.90. The lowest BCUT2D eigenvalue weighted by molar-refractivity contribution is 0.0827. The monoisotopic (exact) mass is 417 g/mol. The number of amides is 1. The Morgan fingerprint density at radius 3 is 2.26 bits per heavy atom. The molecular formula is C26H31N3O2. The topological polar surface area (TPSA) is 49.6 Å². The standard InChI is InChI=1S/C26H31N3O2/c1-18-6-5-16-29(18)17-15-24-19(2)31-25(27-24)22-11-7-20(8-12-22)21-9-13-23(14-10-21)26(30)28(3)4/h7-14,18H,5-6,15-17H2,1-4H3/t18-/m1/s1. The lowest BCUT2D eigenvalue weighted by atomic mass is 10.0. The average molecular weight is 418 g/mol. The van der Waals surface area contributed by atoms with Crippen molar-refractivity contribution >= 4 is 5.91 Å². The molecule has 5 nitrogen and oxygen atoms in total. The number of hydrogen-bond acceptors (Lipinski definition) is 4. The molecule has 1 aliphatic rings. The Morgan fingerprint density at radius 1 is 1.06 bits per heavy atom. The van der Waals surface area contributed by atoms with Crippen molar-refractivity contribution in [3.63, 3.8) is 0 Å². The van der Waals surface area contributed by atoms with Gasteiger partial charge in [0.1, 0.15) is 5.76 Å². The predicted molar refractivity (Wildman–Crippen MR) is 124 cm³/mol. The fourth-order valence-corrected chi connectivity index (χ4v) is 4.23. The van der Waals surface area contributed by atoms with Gasteiger partial charge in [-0.15, -0.1) is 0 Å². The number of hydrogen-bond donors (Lipinski definition) is 0. The molecule has 162 valence electrons. The van der Waals surface area contributed by atoms with Crippen LogP contribution < -0.4 is 0 Å². The van der Waals surface area contributed by atoms with Gasteiger partial charge in [-0.1, -0.05) is 24.3 Å². The smallest absolute Gasteiger partial charge is 0.253 e. The molecule has 0 unspecified atom stereocenters. The van der Waals surface area contributed by atoms with E-state index in [1.165, 1.54) is 19.4 Å². The Bertz CT molecular complexity index is 1040. The summed E-state index contributed by atoms with van der Waals surface area (Å²) in [5.74, 6) is 1.60. The zero-order valence-corrected chi connectivity index (χ0v) is 18.9. The Morgan fingerprint density at radius 2 is 1.68 bits per heavy atom. The molecule has 1 aromatic heterocycles. The van der Waals surface area contributed by atoms with E-state index in [1.54, 1.807) is 19.0 Å². The van der Waals surface area contributed by atoms with Gasteiger partial charge in [0.15, 0.2) is 0 Å². The third-order valence-electron chi connectivity index (χ3n) is 6.22. The van der Waals surface area contributed by atoms with E-state index < -0.39 is 0 Å². The van der Waals surface area contributed by atoms with E-state index >= 15 is 0 Å². The minimum absolute atomic E-state index is 0.0103. The molecule has 1 saturated heterocycles. The van der Waals surface area contributed by atoms with Crippen LogP contribution in [-0.4, -0.2) is 53.9 Å². The van der Waals surface area contributed by atoms with E-state index in [1.807, 2.05) is 43.3 Å². The van der Waals surface area contributed by atoms with Crippen LogP contribution in [0.2, 0.25) is 0 Å². The molecule has 0 bridgehead atoms. The van der Waals surface area contributed by atoms with Crippen LogP contribution in [0.1, 0.15) is 41.6 Å². The SMILES string of the molecule is Cc1oc(-c2ccc(-c3ccc(C(=O)N(C)C)cc3)cc2)nc1CCN1CCC[C@H]1C. The number of aryl methyl sites for hydroxylation is 1. The van der Waals surface area contributed by atoms with Crippen molar-refractivity contribution in [2.24, 2.45) is 0 Å². The first-order valence-electron chi connectivity index (χ1n) is 11.1. The van der Waals surface area contributed by atoms with Crippen molar-refractivity contribution < 1.29 is 9.21 Å². The molecule has 31 heavy (non-hydrogen) atoms. The number of oxazole rings is 1. The van der Waals surface area contributed by atoms with Crippen LogP contribution in [0.4, 0.5) is 0 Å². The Hall–Kier alpha value is -2.92. The highest BCUT2D eigenvalue weighted by atomic mass is 16.4. The molecule has 0 radical (unpaired) electrons. The van der Waals surface area contributed by atoms with Gasteiger partial charge in [-0.2, -0.15) is 0 Å². The molecule has 5 heteroatoms. The van der Waals surface area contributed by atoms with Crippen LogP contribution in [0.15, 0.2) is 52.9 Å². The maximum absolute atomic E-state index is 12.1. The first kappa shape index (κ1) is 21.3.